The van der Waals surface area contributed by atoms with E-state index in [0.717, 1.165) is 5.69 Å². The number of aromatic nitrogens is 2. The predicted molar refractivity (Wildman–Crippen MR) is 90.4 cm³/mol. The van der Waals surface area contributed by atoms with Crippen molar-refractivity contribution in [2.45, 2.75) is 6.42 Å². The topological polar surface area (TPSA) is 87.2 Å². The fourth-order valence-corrected chi connectivity index (χ4v) is 2.64. The summed E-state index contributed by atoms with van der Waals surface area (Å²) in [5.74, 6) is 0.0958. The summed E-state index contributed by atoms with van der Waals surface area (Å²) in [6.07, 6.45) is 3.54. The Morgan fingerprint density at radius 2 is 1.88 bits per heavy atom. The SMILES string of the molecule is O=C(NCCNc1ncccn1)[C@@H]1CC(=O)N(c2ccccc2)C1. The molecule has 3 rings (SSSR count). The lowest BCUT2D eigenvalue weighted by Crippen LogP contribution is -2.35. The van der Waals surface area contributed by atoms with Crippen LogP contribution in [0.1, 0.15) is 6.42 Å². The number of carbonyl (C=O) groups is 2. The van der Waals surface area contributed by atoms with Gasteiger partial charge in [0.2, 0.25) is 17.8 Å². The molecule has 2 N–H and O–H groups in total. The van der Waals surface area contributed by atoms with Crippen LogP contribution in [0.3, 0.4) is 0 Å². The molecule has 1 saturated heterocycles. The summed E-state index contributed by atoms with van der Waals surface area (Å²) < 4.78 is 0. The van der Waals surface area contributed by atoms with E-state index >= 15 is 0 Å². The molecule has 0 bridgehead atoms. The zero-order chi connectivity index (χ0) is 16.8. The second-order valence-electron chi connectivity index (χ2n) is 5.53. The minimum absolute atomic E-state index is 0.0165. The van der Waals surface area contributed by atoms with E-state index in [-0.39, 0.29) is 24.2 Å². The monoisotopic (exact) mass is 325 g/mol. The molecule has 24 heavy (non-hydrogen) atoms. The standard InChI is InChI=1S/C17H19N5O2/c23-15-11-13(12-22(15)14-5-2-1-3-6-14)16(24)18-9-10-21-17-19-7-4-8-20-17/h1-8,13H,9-12H2,(H,18,24)(H,19,20,21)/t13-/m1/s1. The minimum Gasteiger partial charge on any atom is -0.354 e. The first kappa shape index (κ1) is 15.9. The smallest absolute Gasteiger partial charge is 0.227 e. The molecule has 1 atom stereocenters. The molecule has 1 aromatic carbocycles. The van der Waals surface area contributed by atoms with Crippen LogP contribution in [0.5, 0.6) is 0 Å². The van der Waals surface area contributed by atoms with Gasteiger partial charge < -0.3 is 15.5 Å². The Balaban J connectivity index is 1.45. The van der Waals surface area contributed by atoms with Gasteiger partial charge in [-0.15, -0.1) is 0 Å². The Morgan fingerprint density at radius 1 is 1.12 bits per heavy atom. The number of rotatable bonds is 6. The van der Waals surface area contributed by atoms with Crippen molar-refractivity contribution in [2.24, 2.45) is 5.92 Å². The second-order valence-corrected chi connectivity index (χ2v) is 5.53. The molecule has 0 radical (unpaired) electrons. The van der Waals surface area contributed by atoms with Gasteiger partial charge in [-0.3, -0.25) is 9.59 Å². The Morgan fingerprint density at radius 3 is 2.62 bits per heavy atom. The van der Waals surface area contributed by atoms with E-state index in [4.69, 9.17) is 0 Å². The zero-order valence-corrected chi connectivity index (χ0v) is 13.2. The van der Waals surface area contributed by atoms with E-state index in [9.17, 15) is 9.59 Å². The second kappa shape index (κ2) is 7.54. The van der Waals surface area contributed by atoms with Crippen LogP contribution in [-0.4, -0.2) is 41.4 Å². The molecule has 1 aliphatic rings. The summed E-state index contributed by atoms with van der Waals surface area (Å²) in [5, 5.41) is 5.87. The first-order chi connectivity index (χ1) is 11.7. The molecule has 7 heteroatoms. The first-order valence-electron chi connectivity index (χ1n) is 7.88. The molecule has 2 heterocycles. The number of benzene rings is 1. The van der Waals surface area contributed by atoms with Crippen molar-refractivity contribution < 1.29 is 9.59 Å². The lowest BCUT2D eigenvalue weighted by Gasteiger charge is -2.16. The lowest BCUT2D eigenvalue weighted by molar-refractivity contribution is -0.126. The number of amides is 2. The number of nitrogens with one attached hydrogen (secondary N) is 2. The molecule has 2 aromatic rings. The molecule has 0 spiro atoms. The van der Waals surface area contributed by atoms with Crippen molar-refractivity contribution in [3.63, 3.8) is 0 Å². The van der Waals surface area contributed by atoms with Crippen LogP contribution in [0.4, 0.5) is 11.6 Å². The van der Waals surface area contributed by atoms with E-state index in [0.29, 0.717) is 25.6 Å². The zero-order valence-electron chi connectivity index (χ0n) is 13.2. The number of anilines is 2. The molecule has 1 aliphatic heterocycles. The summed E-state index contributed by atoms with van der Waals surface area (Å²) in [6.45, 7) is 1.40. The molecular formula is C17H19N5O2. The molecule has 1 aromatic heterocycles. The van der Waals surface area contributed by atoms with Gasteiger partial charge in [-0.1, -0.05) is 18.2 Å². The molecule has 0 unspecified atom stereocenters. The molecule has 1 fully saturated rings. The lowest BCUT2D eigenvalue weighted by atomic mass is 10.1. The maximum Gasteiger partial charge on any atom is 0.227 e. The Bertz CT molecular complexity index is 693. The number of hydrogen-bond acceptors (Lipinski definition) is 5. The molecule has 0 saturated carbocycles. The number of para-hydroxylation sites is 1. The highest BCUT2D eigenvalue weighted by Gasteiger charge is 2.34. The average Bonchev–Trinajstić information content (AvgIpc) is 3.02. The van der Waals surface area contributed by atoms with Crippen LogP contribution in [0.15, 0.2) is 48.8 Å². The Kier molecular flexibility index (Phi) is 5.00. The predicted octanol–water partition coefficient (Wildman–Crippen LogP) is 1.06. The van der Waals surface area contributed by atoms with Crippen molar-refractivity contribution in [3.05, 3.63) is 48.8 Å². The number of nitrogens with zero attached hydrogens (tertiary/aromatic N) is 3. The molecule has 124 valence electrons. The fourth-order valence-electron chi connectivity index (χ4n) is 2.64. The van der Waals surface area contributed by atoms with Crippen molar-refractivity contribution in [2.75, 3.05) is 29.9 Å². The Labute approximate surface area is 140 Å². The van der Waals surface area contributed by atoms with E-state index < -0.39 is 0 Å². The average molecular weight is 325 g/mol. The van der Waals surface area contributed by atoms with Crippen LogP contribution < -0.4 is 15.5 Å². The third-order valence-corrected chi connectivity index (χ3v) is 3.84. The van der Waals surface area contributed by atoms with Gasteiger partial charge in [-0.25, -0.2) is 9.97 Å². The first-order valence-corrected chi connectivity index (χ1v) is 7.88. The van der Waals surface area contributed by atoms with Gasteiger partial charge >= 0.3 is 0 Å². The van der Waals surface area contributed by atoms with E-state index in [1.807, 2.05) is 30.3 Å². The van der Waals surface area contributed by atoms with E-state index in [1.54, 1.807) is 23.4 Å². The van der Waals surface area contributed by atoms with Gasteiger partial charge in [-0.05, 0) is 18.2 Å². The highest BCUT2D eigenvalue weighted by molar-refractivity contribution is 6.00. The molecule has 0 aliphatic carbocycles. The van der Waals surface area contributed by atoms with Crippen LogP contribution in [0.2, 0.25) is 0 Å². The van der Waals surface area contributed by atoms with Gasteiger partial charge in [0.15, 0.2) is 0 Å². The van der Waals surface area contributed by atoms with Crippen LogP contribution in [-0.2, 0) is 9.59 Å². The van der Waals surface area contributed by atoms with Gasteiger partial charge in [0.1, 0.15) is 0 Å². The minimum atomic E-state index is -0.314. The van der Waals surface area contributed by atoms with Gasteiger partial charge in [0, 0.05) is 44.1 Å². The van der Waals surface area contributed by atoms with Crippen LogP contribution in [0.25, 0.3) is 0 Å². The third kappa shape index (κ3) is 3.87. The van der Waals surface area contributed by atoms with Crippen molar-refractivity contribution in [1.29, 1.82) is 0 Å². The highest BCUT2D eigenvalue weighted by Crippen LogP contribution is 2.24. The molecule has 7 nitrogen and oxygen atoms in total. The van der Waals surface area contributed by atoms with Gasteiger partial charge in [-0.2, -0.15) is 0 Å². The quantitative estimate of drug-likeness (QED) is 0.776. The third-order valence-electron chi connectivity index (χ3n) is 3.84. The van der Waals surface area contributed by atoms with Gasteiger partial charge in [0.05, 0.1) is 5.92 Å². The Hall–Kier alpha value is -2.96. The summed E-state index contributed by atoms with van der Waals surface area (Å²) in [7, 11) is 0. The summed E-state index contributed by atoms with van der Waals surface area (Å²) in [6, 6.07) is 11.2. The summed E-state index contributed by atoms with van der Waals surface area (Å²) >= 11 is 0. The largest absolute Gasteiger partial charge is 0.354 e. The highest BCUT2D eigenvalue weighted by atomic mass is 16.2. The van der Waals surface area contributed by atoms with E-state index in [2.05, 4.69) is 20.6 Å². The molecular weight excluding hydrogens is 306 g/mol. The number of carbonyl (C=O) groups excluding carboxylic acids is 2. The van der Waals surface area contributed by atoms with Crippen molar-refractivity contribution >= 4 is 23.5 Å². The van der Waals surface area contributed by atoms with E-state index in [1.165, 1.54) is 0 Å². The maximum atomic E-state index is 12.2. The van der Waals surface area contributed by atoms with Crippen LogP contribution >= 0.6 is 0 Å². The number of hydrogen-bond donors (Lipinski definition) is 2. The fraction of sp³-hybridized carbons (Fsp3) is 0.294. The molecule has 2 amide bonds. The van der Waals surface area contributed by atoms with Crippen molar-refractivity contribution in [1.82, 2.24) is 15.3 Å². The van der Waals surface area contributed by atoms with Crippen LogP contribution in [0, 0.1) is 5.92 Å². The van der Waals surface area contributed by atoms with Crippen molar-refractivity contribution in [3.8, 4) is 0 Å². The summed E-state index contributed by atoms with van der Waals surface area (Å²) in [5.41, 5.74) is 0.834. The van der Waals surface area contributed by atoms with Gasteiger partial charge in [0.25, 0.3) is 0 Å². The summed E-state index contributed by atoms with van der Waals surface area (Å²) in [4.78, 5) is 34.1. The normalized spacial score (nSPS) is 16.9. The maximum absolute atomic E-state index is 12.2.